The summed E-state index contributed by atoms with van der Waals surface area (Å²) in [4.78, 5) is 22.1. The number of fused-ring (bicyclic) bond motifs is 1. The van der Waals surface area contributed by atoms with Crippen molar-refractivity contribution >= 4 is 28.5 Å². The highest BCUT2D eigenvalue weighted by molar-refractivity contribution is 6.01. The van der Waals surface area contributed by atoms with E-state index in [-0.39, 0.29) is 18.7 Å². The molecule has 2 aromatic rings. The minimum atomic E-state index is -0.877. The molecule has 0 atom stereocenters. The van der Waals surface area contributed by atoms with Gasteiger partial charge in [-0.2, -0.15) is 0 Å². The first-order valence-corrected chi connectivity index (χ1v) is 6.13. The number of carbonyl (C=O) groups excluding carboxylic acids is 1. The molecule has 0 saturated carbocycles. The number of carbonyl (C=O) groups is 2. The van der Waals surface area contributed by atoms with Crippen LogP contribution >= 0.6 is 0 Å². The fourth-order valence-electron chi connectivity index (χ4n) is 2.05. The topological polar surface area (TPSA) is 71.3 Å². The van der Waals surface area contributed by atoms with Gasteiger partial charge in [0.15, 0.2) is 0 Å². The first kappa shape index (κ1) is 13.1. The number of benzene rings is 1. The van der Waals surface area contributed by atoms with E-state index >= 15 is 0 Å². The molecule has 0 aliphatic rings. The van der Waals surface area contributed by atoms with E-state index in [0.717, 1.165) is 16.6 Å². The molecule has 2 N–H and O–H groups in total. The van der Waals surface area contributed by atoms with Gasteiger partial charge in [-0.25, -0.2) is 0 Å². The molecule has 0 spiro atoms. The van der Waals surface area contributed by atoms with E-state index < -0.39 is 5.97 Å². The number of rotatable bonds is 5. The third-order valence-corrected chi connectivity index (χ3v) is 2.97. The lowest BCUT2D eigenvalue weighted by atomic mass is 10.2. The highest BCUT2D eigenvalue weighted by atomic mass is 16.4. The van der Waals surface area contributed by atoms with Crippen molar-refractivity contribution in [1.29, 1.82) is 0 Å². The van der Waals surface area contributed by atoms with Gasteiger partial charge >= 0.3 is 5.97 Å². The van der Waals surface area contributed by atoms with Gasteiger partial charge in [0.25, 0.3) is 0 Å². The zero-order valence-electron chi connectivity index (χ0n) is 10.7. The summed E-state index contributed by atoms with van der Waals surface area (Å²) in [6.07, 6.45) is 2.45. The summed E-state index contributed by atoms with van der Waals surface area (Å²) in [5, 5.41) is 12.3. The minimum Gasteiger partial charge on any atom is -0.481 e. The number of hydrogen-bond acceptors (Lipinski definition) is 2. The zero-order chi connectivity index (χ0) is 13.8. The van der Waals surface area contributed by atoms with Gasteiger partial charge < -0.3 is 15.0 Å². The van der Waals surface area contributed by atoms with Gasteiger partial charge in [0.05, 0.1) is 5.69 Å². The fraction of sp³-hybridized carbons (Fsp3) is 0.286. The summed E-state index contributed by atoms with van der Waals surface area (Å²) in [5.41, 5.74) is 1.81. The molecule has 0 unspecified atom stereocenters. The van der Waals surface area contributed by atoms with Crippen molar-refractivity contribution in [3.05, 3.63) is 30.5 Å². The molecule has 1 aromatic carbocycles. The SMILES string of the molecule is Cn1cc(NC(=O)CCCC(=O)O)c2ccccc21. The van der Waals surface area contributed by atoms with Crippen molar-refractivity contribution < 1.29 is 14.7 Å². The molecular weight excluding hydrogens is 244 g/mol. The average Bonchev–Trinajstić information content (AvgIpc) is 2.66. The van der Waals surface area contributed by atoms with Crippen LogP contribution in [0.15, 0.2) is 30.5 Å². The maximum atomic E-state index is 11.7. The van der Waals surface area contributed by atoms with E-state index in [1.165, 1.54) is 0 Å². The highest BCUT2D eigenvalue weighted by Crippen LogP contribution is 2.24. The Morgan fingerprint density at radius 3 is 2.74 bits per heavy atom. The molecule has 0 bridgehead atoms. The predicted octanol–water partition coefficient (Wildman–Crippen LogP) is 2.37. The maximum absolute atomic E-state index is 11.7. The molecule has 1 aromatic heterocycles. The molecule has 5 nitrogen and oxygen atoms in total. The number of anilines is 1. The molecule has 0 fully saturated rings. The van der Waals surface area contributed by atoms with Crippen molar-refractivity contribution in [2.24, 2.45) is 7.05 Å². The zero-order valence-corrected chi connectivity index (χ0v) is 10.7. The van der Waals surface area contributed by atoms with Crippen molar-refractivity contribution in [3.63, 3.8) is 0 Å². The Bertz CT molecular complexity index is 616. The molecular formula is C14H16N2O3. The predicted molar refractivity (Wildman–Crippen MR) is 73.0 cm³/mol. The second-order valence-corrected chi connectivity index (χ2v) is 4.47. The number of nitrogens with zero attached hydrogens (tertiary/aromatic N) is 1. The second kappa shape index (κ2) is 5.56. The first-order valence-electron chi connectivity index (χ1n) is 6.13. The Morgan fingerprint density at radius 1 is 1.26 bits per heavy atom. The van der Waals surface area contributed by atoms with Gasteiger partial charge in [0.1, 0.15) is 0 Å². The Morgan fingerprint density at radius 2 is 2.00 bits per heavy atom. The number of carboxylic acid groups (broad SMARTS) is 1. The van der Waals surface area contributed by atoms with Crippen molar-refractivity contribution in [2.75, 3.05) is 5.32 Å². The molecule has 100 valence electrons. The number of nitrogens with one attached hydrogen (secondary N) is 1. The molecule has 2 rings (SSSR count). The van der Waals surface area contributed by atoms with Crippen LogP contribution in [0.3, 0.4) is 0 Å². The van der Waals surface area contributed by atoms with Crippen LogP contribution in [-0.4, -0.2) is 21.6 Å². The van der Waals surface area contributed by atoms with Gasteiger partial charge in [-0.15, -0.1) is 0 Å². The van der Waals surface area contributed by atoms with Gasteiger partial charge in [0.2, 0.25) is 5.91 Å². The molecule has 0 aliphatic heterocycles. The normalized spacial score (nSPS) is 10.6. The van der Waals surface area contributed by atoms with Crippen LogP contribution in [0.2, 0.25) is 0 Å². The minimum absolute atomic E-state index is 0.0168. The summed E-state index contributed by atoms with van der Waals surface area (Å²) < 4.78 is 1.95. The Hall–Kier alpha value is -2.30. The van der Waals surface area contributed by atoms with Gasteiger partial charge in [0, 0.05) is 37.0 Å². The summed E-state index contributed by atoms with van der Waals surface area (Å²) in [7, 11) is 1.92. The standard InChI is InChI=1S/C14H16N2O3/c1-16-9-11(10-5-2-3-6-12(10)16)15-13(17)7-4-8-14(18)19/h2-3,5-6,9H,4,7-8H2,1H3,(H,15,17)(H,18,19). The van der Waals surface area contributed by atoms with Crippen LogP contribution in [0.25, 0.3) is 10.9 Å². The number of amides is 1. The monoisotopic (exact) mass is 260 g/mol. The third kappa shape index (κ3) is 3.13. The van der Waals surface area contributed by atoms with Crippen LogP contribution in [-0.2, 0) is 16.6 Å². The summed E-state index contributed by atoms with van der Waals surface area (Å²) in [6, 6.07) is 7.79. The lowest BCUT2D eigenvalue weighted by molar-refractivity contribution is -0.137. The summed E-state index contributed by atoms with van der Waals surface area (Å²) >= 11 is 0. The van der Waals surface area contributed by atoms with Gasteiger partial charge in [-0.05, 0) is 12.5 Å². The summed E-state index contributed by atoms with van der Waals surface area (Å²) in [5.74, 6) is -1.03. The van der Waals surface area contributed by atoms with E-state index in [1.807, 2.05) is 42.1 Å². The number of aliphatic carboxylic acids is 1. The smallest absolute Gasteiger partial charge is 0.303 e. The first-order chi connectivity index (χ1) is 9.08. The fourth-order valence-corrected chi connectivity index (χ4v) is 2.05. The van der Waals surface area contributed by atoms with Gasteiger partial charge in [-0.1, -0.05) is 18.2 Å². The molecule has 0 aliphatic carbocycles. The number of hydrogen-bond donors (Lipinski definition) is 2. The van der Waals surface area contributed by atoms with Crippen LogP contribution in [0.5, 0.6) is 0 Å². The maximum Gasteiger partial charge on any atom is 0.303 e. The van der Waals surface area contributed by atoms with Crippen LogP contribution in [0, 0.1) is 0 Å². The molecule has 0 saturated heterocycles. The van der Waals surface area contributed by atoms with Gasteiger partial charge in [-0.3, -0.25) is 9.59 Å². The lowest BCUT2D eigenvalue weighted by Gasteiger charge is -2.02. The van der Waals surface area contributed by atoms with Crippen LogP contribution in [0.4, 0.5) is 5.69 Å². The lowest BCUT2D eigenvalue weighted by Crippen LogP contribution is -2.11. The quantitative estimate of drug-likeness (QED) is 0.867. The molecule has 19 heavy (non-hydrogen) atoms. The molecule has 5 heteroatoms. The summed E-state index contributed by atoms with van der Waals surface area (Å²) in [6.45, 7) is 0. The van der Waals surface area contributed by atoms with E-state index in [1.54, 1.807) is 0 Å². The average molecular weight is 260 g/mol. The molecule has 1 heterocycles. The van der Waals surface area contributed by atoms with Crippen LogP contribution < -0.4 is 5.32 Å². The largest absolute Gasteiger partial charge is 0.481 e. The van der Waals surface area contributed by atoms with Crippen molar-refractivity contribution in [2.45, 2.75) is 19.3 Å². The number of aryl methyl sites for hydroxylation is 1. The number of carboxylic acids is 1. The second-order valence-electron chi connectivity index (χ2n) is 4.47. The van der Waals surface area contributed by atoms with E-state index in [2.05, 4.69) is 5.32 Å². The van der Waals surface area contributed by atoms with E-state index in [4.69, 9.17) is 5.11 Å². The Balaban J connectivity index is 2.05. The van der Waals surface area contributed by atoms with E-state index in [0.29, 0.717) is 6.42 Å². The number of aromatic nitrogens is 1. The molecule has 1 amide bonds. The Labute approximate surface area is 110 Å². The highest BCUT2D eigenvalue weighted by Gasteiger charge is 2.09. The van der Waals surface area contributed by atoms with Crippen molar-refractivity contribution in [1.82, 2.24) is 4.57 Å². The Kier molecular flexibility index (Phi) is 3.85. The van der Waals surface area contributed by atoms with Crippen LogP contribution in [0.1, 0.15) is 19.3 Å². The molecule has 0 radical (unpaired) electrons. The van der Waals surface area contributed by atoms with Crippen molar-refractivity contribution in [3.8, 4) is 0 Å². The number of para-hydroxylation sites is 1. The third-order valence-electron chi connectivity index (χ3n) is 2.97. The van der Waals surface area contributed by atoms with E-state index in [9.17, 15) is 9.59 Å².